The van der Waals surface area contributed by atoms with E-state index in [9.17, 15) is 8.78 Å². The molecule has 8 heteroatoms. The van der Waals surface area contributed by atoms with Crippen molar-refractivity contribution in [2.45, 2.75) is 50.5 Å². The minimum atomic E-state index is -1.05. The summed E-state index contributed by atoms with van der Waals surface area (Å²) in [5.74, 6) is -0.0918. The molecular weight excluding hydrogens is 416 g/mol. The van der Waals surface area contributed by atoms with Crippen LogP contribution in [0.25, 0.3) is 11.1 Å². The summed E-state index contributed by atoms with van der Waals surface area (Å²) < 4.78 is 40.0. The largest absolute Gasteiger partial charge is 0.489 e. The molecule has 3 aliphatic rings. The van der Waals surface area contributed by atoms with Crippen molar-refractivity contribution in [3.63, 3.8) is 0 Å². The van der Waals surface area contributed by atoms with Gasteiger partial charge in [0.25, 0.3) is 0 Å². The highest BCUT2D eigenvalue weighted by Crippen LogP contribution is 2.49. The third kappa shape index (κ3) is 3.71. The van der Waals surface area contributed by atoms with Crippen LogP contribution in [-0.4, -0.2) is 36.4 Å². The summed E-state index contributed by atoms with van der Waals surface area (Å²) >= 11 is 0. The van der Waals surface area contributed by atoms with Crippen LogP contribution >= 0.6 is 0 Å². The third-order valence-electron chi connectivity index (χ3n) is 6.52. The highest BCUT2D eigenvalue weighted by molar-refractivity contribution is 5.79. The van der Waals surface area contributed by atoms with Gasteiger partial charge in [0, 0.05) is 32.1 Å². The lowest BCUT2D eigenvalue weighted by atomic mass is 9.79. The van der Waals surface area contributed by atoms with E-state index < -0.39 is 17.4 Å². The van der Waals surface area contributed by atoms with Crippen LogP contribution in [-0.2, 0) is 15.3 Å². The zero-order valence-corrected chi connectivity index (χ0v) is 18.4. The molecular formula is C24H27F2N3O3. The van der Waals surface area contributed by atoms with Gasteiger partial charge in [-0.3, -0.25) is 0 Å². The minimum absolute atomic E-state index is 0.133. The van der Waals surface area contributed by atoms with Gasteiger partial charge in [-0.05, 0) is 62.1 Å². The van der Waals surface area contributed by atoms with Crippen LogP contribution in [0.3, 0.4) is 0 Å². The number of hydrogen-bond acceptors (Lipinski definition) is 6. The Labute approximate surface area is 185 Å². The number of halogens is 2. The van der Waals surface area contributed by atoms with E-state index in [4.69, 9.17) is 25.0 Å². The lowest BCUT2D eigenvalue weighted by Gasteiger charge is -2.44. The second kappa shape index (κ2) is 7.42. The Morgan fingerprint density at radius 2 is 1.81 bits per heavy atom. The number of rotatable bonds is 2. The molecule has 0 aliphatic carbocycles. The average molecular weight is 443 g/mol. The number of nitrogens with zero attached hydrogens (tertiary/aromatic N) is 2. The van der Waals surface area contributed by atoms with Crippen molar-refractivity contribution < 1.29 is 23.1 Å². The van der Waals surface area contributed by atoms with E-state index >= 15 is 0 Å². The predicted molar refractivity (Wildman–Crippen MR) is 116 cm³/mol. The summed E-state index contributed by atoms with van der Waals surface area (Å²) in [4.78, 5) is 10.9. The molecule has 3 atom stereocenters. The van der Waals surface area contributed by atoms with Gasteiger partial charge in [-0.1, -0.05) is 6.07 Å². The molecule has 3 heterocycles. The van der Waals surface area contributed by atoms with E-state index in [1.165, 1.54) is 17.2 Å². The van der Waals surface area contributed by atoms with Crippen molar-refractivity contribution >= 4 is 5.96 Å². The molecule has 3 aliphatic heterocycles. The van der Waals surface area contributed by atoms with Crippen LogP contribution in [0, 0.1) is 17.6 Å². The normalized spacial score (nSPS) is 28.9. The molecule has 0 radical (unpaired) electrons. The number of benzene rings is 2. The number of ether oxygens (including phenoxy) is 2. The van der Waals surface area contributed by atoms with Gasteiger partial charge in [0.2, 0.25) is 11.7 Å². The Morgan fingerprint density at radius 1 is 1.06 bits per heavy atom. The SMILES string of the molecule is CN1OC2(CC(C3CCOC(C)(C)C3)Oc3ccc(-c4cc(F)cc(F)c4)cc32)N=C1N. The van der Waals surface area contributed by atoms with Crippen LogP contribution in [0.1, 0.15) is 38.7 Å². The molecule has 0 saturated carbocycles. The molecule has 0 bridgehead atoms. The van der Waals surface area contributed by atoms with Gasteiger partial charge in [0.1, 0.15) is 23.5 Å². The first-order valence-corrected chi connectivity index (χ1v) is 10.8. The minimum Gasteiger partial charge on any atom is -0.489 e. The van der Waals surface area contributed by atoms with Crippen molar-refractivity contribution in [2.24, 2.45) is 16.6 Å². The van der Waals surface area contributed by atoms with Crippen LogP contribution in [0.4, 0.5) is 8.78 Å². The van der Waals surface area contributed by atoms with E-state index in [1.807, 2.05) is 12.1 Å². The molecule has 0 aromatic heterocycles. The Morgan fingerprint density at radius 3 is 2.47 bits per heavy atom. The lowest BCUT2D eigenvalue weighted by Crippen LogP contribution is -2.46. The van der Waals surface area contributed by atoms with E-state index in [0.29, 0.717) is 35.5 Å². The standard InChI is InChI=1S/C24H27F2N3O3/c1-23(2)12-15(6-7-30-23)21-13-24(28-22(27)29(3)32-24)19-10-14(4-5-20(19)31-21)16-8-17(25)11-18(26)9-16/h4-5,8-11,15,21H,6-7,12-13H2,1-3H3,(H2,27,28). The van der Waals surface area contributed by atoms with Crippen LogP contribution < -0.4 is 10.5 Å². The second-order valence-electron chi connectivity index (χ2n) is 9.43. The maximum atomic E-state index is 13.8. The van der Waals surface area contributed by atoms with Gasteiger partial charge in [-0.2, -0.15) is 0 Å². The zero-order valence-electron chi connectivity index (χ0n) is 18.4. The van der Waals surface area contributed by atoms with Gasteiger partial charge in [-0.15, -0.1) is 0 Å². The first-order valence-electron chi connectivity index (χ1n) is 10.8. The summed E-state index contributed by atoms with van der Waals surface area (Å²) in [7, 11) is 1.71. The van der Waals surface area contributed by atoms with Crippen molar-refractivity contribution in [2.75, 3.05) is 13.7 Å². The van der Waals surface area contributed by atoms with Crippen molar-refractivity contribution in [1.29, 1.82) is 0 Å². The van der Waals surface area contributed by atoms with E-state index in [1.54, 1.807) is 13.1 Å². The monoisotopic (exact) mass is 443 g/mol. The third-order valence-corrected chi connectivity index (χ3v) is 6.52. The number of nitrogens with two attached hydrogens (primary N) is 1. The number of guanidine groups is 1. The molecule has 5 rings (SSSR count). The fourth-order valence-corrected chi connectivity index (χ4v) is 5.03. The maximum Gasteiger partial charge on any atom is 0.221 e. The Balaban J connectivity index is 1.57. The summed E-state index contributed by atoms with van der Waals surface area (Å²) in [6.45, 7) is 4.85. The van der Waals surface area contributed by atoms with E-state index in [0.717, 1.165) is 18.9 Å². The molecule has 2 aromatic carbocycles. The first-order chi connectivity index (χ1) is 15.1. The van der Waals surface area contributed by atoms with Gasteiger partial charge in [0.15, 0.2) is 0 Å². The van der Waals surface area contributed by atoms with Gasteiger partial charge < -0.3 is 15.2 Å². The fraction of sp³-hybridized carbons (Fsp3) is 0.458. The number of fused-ring (bicyclic) bond motifs is 2. The summed E-state index contributed by atoms with van der Waals surface area (Å²) in [6, 6.07) is 8.89. The maximum absolute atomic E-state index is 13.8. The molecule has 2 N–H and O–H groups in total. The lowest BCUT2D eigenvalue weighted by molar-refractivity contribution is -0.198. The highest BCUT2D eigenvalue weighted by Gasteiger charge is 2.51. The molecule has 1 saturated heterocycles. The Bertz CT molecular complexity index is 1070. The average Bonchev–Trinajstić information content (AvgIpc) is 3.00. The molecule has 3 unspecified atom stereocenters. The smallest absolute Gasteiger partial charge is 0.221 e. The van der Waals surface area contributed by atoms with Crippen molar-refractivity contribution in [1.82, 2.24) is 5.06 Å². The van der Waals surface area contributed by atoms with Crippen LogP contribution in [0.15, 0.2) is 41.4 Å². The molecule has 2 aromatic rings. The second-order valence-corrected chi connectivity index (χ2v) is 9.43. The van der Waals surface area contributed by atoms with Crippen LogP contribution in [0.2, 0.25) is 0 Å². The van der Waals surface area contributed by atoms with E-state index in [-0.39, 0.29) is 23.6 Å². The van der Waals surface area contributed by atoms with Gasteiger partial charge in [-0.25, -0.2) is 23.7 Å². The zero-order chi connectivity index (χ0) is 22.7. The van der Waals surface area contributed by atoms with E-state index in [2.05, 4.69) is 13.8 Å². The fourth-order valence-electron chi connectivity index (χ4n) is 5.03. The molecule has 0 amide bonds. The molecule has 6 nitrogen and oxygen atoms in total. The molecule has 32 heavy (non-hydrogen) atoms. The van der Waals surface area contributed by atoms with Crippen LogP contribution in [0.5, 0.6) is 5.75 Å². The number of hydroxylamine groups is 2. The number of hydrogen-bond donors (Lipinski definition) is 1. The molecule has 170 valence electrons. The van der Waals surface area contributed by atoms with Gasteiger partial charge in [0.05, 0.1) is 11.2 Å². The highest BCUT2D eigenvalue weighted by atomic mass is 19.1. The molecule has 1 spiro atoms. The summed E-state index contributed by atoms with van der Waals surface area (Å²) in [5.41, 5.74) is 6.57. The topological polar surface area (TPSA) is 69.3 Å². The first kappa shape index (κ1) is 21.2. The Kier molecular flexibility index (Phi) is 4.90. The summed E-state index contributed by atoms with van der Waals surface area (Å²) in [5, 5.41) is 1.45. The Hall–Kier alpha value is -2.71. The quantitative estimate of drug-likeness (QED) is 0.748. The van der Waals surface area contributed by atoms with Crippen molar-refractivity contribution in [3.8, 4) is 16.9 Å². The summed E-state index contributed by atoms with van der Waals surface area (Å²) in [6.07, 6.45) is 2.09. The number of aliphatic imine (C=N–C) groups is 1. The predicted octanol–water partition coefficient (Wildman–Crippen LogP) is 4.33. The van der Waals surface area contributed by atoms with Gasteiger partial charge >= 0.3 is 0 Å². The van der Waals surface area contributed by atoms with Crippen molar-refractivity contribution in [3.05, 3.63) is 53.6 Å². The molecule has 1 fully saturated rings.